The van der Waals surface area contributed by atoms with Gasteiger partial charge in [0.05, 0.1) is 21.7 Å². The Bertz CT molecular complexity index is 808. The zero-order chi connectivity index (χ0) is 17.5. The predicted octanol–water partition coefficient (Wildman–Crippen LogP) is 3.29. The van der Waals surface area contributed by atoms with Gasteiger partial charge in [0.2, 0.25) is 0 Å². The van der Waals surface area contributed by atoms with E-state index in [4.69, 9.17) is 0 Å². The monoisotopic (exact) mass is 484 g/mol. The molecule has 8 heteroatoms. The maximum Gasteiger partial charge on any atom is 0.191 e. The van der Waals surface area contributed by atoms with Crippen LogP contribution in [0.2, 0.25) is 0 Å². The Morgan fingerprint density at radius 2 is 2.04 bits per heavy atom. The molecule has 2 heterocycles. The molecule has 0 radical (unpaired) electrons. The van der Waals surface area contributed by atoms with Gasteiger partial charge in [-0.2, -0.15) is 0 Å². The van der Waals surface area contributed by atoms with Crippen molar-refractivity contribution in [3.63, 3.8) is 0 Å². The maximum absolute atomic E-state index is 4.63. The number of imidazole rings is 1. The number of halogens is 1. The lowest BCUT2D eigenvalue weighted by Crippen LogP contribution is -2.38. The highest BCUT2D eigenvalue weighted by molar-refractivity contribution is 14.0. The maximum atomic E-state index is 4.63. The van der Waals surface area contributed by atoms with E-state index in [0.29, 0.717) is 6.54 Å². The lowest BCUT2D eigenvalue weighted by molar-refractivity contribution is 0.784. The molecular formula is C18H25IN6S. The number of nitrogens with zero attached hydrogens (tertiary/aromatic N) is 3. The fraction of sp³-hybridized carbons (Fsp3) is 0.389. The van der Waals surface area contributed by atoms with E-state index in [1.807, 2.05) is 31.2 Å². The van der Waals surface area contributed by atoms with Gasteiger partial charge < -0.3 is 15.6 Å². The number of thiazole rings is 1. The number of fused-ring (bicyclic) bond motifs is 1. The third-order valence-corrected chi connectivity index (χ3v) is 4.56. The second kappa shape index (κ2) is 10.5. The van der Waals surface area contributed by atoms with Crippen LogP contribution in [0, 0.1) is 6.92 Å². The van der Waals surface area contributed by atoms with Crippen LogP contribution in [0.3, 0.4) is 0 Å². The third-order valence-electron chi connectivity index (χ3n) is 3.74. The average Bonchev–Trinajstić information content (AvgIpc) is 3.20. The highest BCUT2D eigenvalue weighted by Crippen LogP contribution is 2.10. The standard InChI is InChI=1S/C18H24N6S.HI/c1-3-19-18(20-10-8-14-12-25-13(2)22-14)21-11-9-17-23-15-6-4-5-7-16(15)24-17;/h4-7,12H,3,8-11H2,1-2H3,(H,23,24)(H2,19,20,21);1H. The third kappa shape index (κ3) is 5.94. The summed E-state index contributed by atoms with van der Waals surface area (Å²) < 4.78 is 0. The van der Waals surface area contributed by atoms with E-state index in [1.54, 1.807) is 11.3 Å². The molecule has 0 fully saturated rings. The number of hydrogen-bond donors (Lipinski definition) is 3. The molecule has 140 valence electrons. The smallest absolute Gasteiger partial charge is 0.191 e. The number of guanidine groups is 1. The highest BCUT2D eigenvalue weighted by atomic mass is 127. The molecule has 0 saturated heterocycles. The second-order valence-corrected chi connectivity index (χ2v) is 6.81. The molecule has 3 rings (SSSR count). The van der Waals surface area contributed by atoms with Crippen molar-refractivity contribution in [2.24, 2.45) is 4.99 Å². The van der Waals surface area contributed by atoms with E-state index in [9.17, 15) is 0 Å². The van der Waals surface area contributed by atoms with Crippen molar-refractivity contribution in [1.29, 1.82) is 0 Å². The lowest BCUT2D eigenvalue weighted by Gasteiger charge is -2.10. The van der Waals surface area contributed by atoms with Crippen LogP contribution in [0.1, 0.15) is 23.4 Å². The molecule has 6 nitrogen and oxygen atoms in total. The molecule has 3 N–H and O–H groups in total. The van der Waals surface area contributed by atoms with Gasteiger partial charge in [0, 0.05) is 37.9 Å². The Morgan fingerprint density at radius 3 is 2.77 bits per heavy atom. The number of aromatic nitrogens is 3. The molecule has 3 aromatic rings. The van der Waals surface area contributed by atoms with Gasteiger partial charge in [-0.1, -0.05) is 12.1 Å². The summed E-state index contributed by atoms with van der Waals surface area (Å²) >= 11 is 1.69. The molecular weight excluding hydrogens is 459 g/mol. The number of rotatable bonds is 7. The molecule has 0 bridgehead atoms. The number of H-pyrrole nitrogens is 1. The van der Waals surface area contributed by atoms with Crippen LogP contribution >= 0.6 is 35.3 Å². The molecule has 26 heavy (non-hydrogen) atoms. The number of hydrogen-bond acceptors (Lipinski definition) is 4. The van der Waals surface area contributed by atoms with Crippen LogP contribution in [0.25, 0.3) is 11.0 Å². The van der Waals surface area contributed by atoms with Crippen molar-refractivity contribution in [2.45, 2.75) is 26.7 Å². The minimum Gasteiger partial charge on any atom is -0.357 e. The van der Waals surface area contributed by atoms with E-state index >= 15 is 0 Å². The Balaban J connectivity index is 0.00000243. The fourth-order valence-corrected chi connectivity index (χ4v) is 3.22. The average molecular weight is 484 g/mol. The van der Waals surface area contributed by atoms with Crippen molar-refractivity contribution in [1.82, 2.24) is 25.6 Å². The van der Waals surface area contributed by atoms with Gasteiger partial charge in [-0.3, -0.25) is 4.99 Å². The number of aromatic amines is 1. The number of nitrogens with one attached hydrogen (secondary N) is 3. The van der Waals surface area contributed by atoms with Crippen LogP contribution < -0.4 is 10.6 Å². The highest BCUT2D eigenvalue weighted by Gasteiger charge is 2.03. The quantitative estimate of drug-likeness (QED) is 0.273. The molecule has 0 amide bonds. The predicted molar refractivity (Wildman–Crippen MR) is 120 cm³/mol. The zero-order valence-electron chi connectivity index (χ0n) is 15.1. The molecule has 0 atom stereocenters. The Morgan fingerprint density at radius 1 is 1.19 bits per heavy atom. The van der Waals surface area contributed by atoms with Gasteiger partial charge in [0.1, 0.15) is 5.82 Å². The summed E-state index contributed by atoms with van der Waals surface area (Å²) in [5.41, 5.74) is 3.21. The molecule has 0 saturated carbocycles. The van der Waals surface area contributed by atoms with E-state index in [0.717, 1.165) is 59.5 Å². The molecule has 0 aliphatic rings. The van der Waals surface area contributed by atoms with Gasteiger partial charge in [-0.05, 0) is 26.0 Å². The summed E-state index contributed by atoms with van der Waals surface area (Å²) in [6.07, 6.45) is 1.69. The Hall–Kier alpha value is -1.68. The lowest BCUT2D eigenvalue weighted by atomic mass is 10.3. The van der Waals surface area contributed by atoms with Gasteiger partial charge in [0.15, 0.2) is 5.96 Å². The minimum atomic E-state index is 0. The van der Waals surface area contributed by atoms with Crippen molar-refractivity contribution in [3.8, 4) is 0 Å². The zero-order valence-corrected chi connectivity index (χ0v) is 18.2. The Kier molecular flexibility index (Phi) is 8.30. The molecule has 1 aromatic carbocycles. The van der Waals surface area contributed by atoms with Crippen molar-refractivity contribution < 1.29 is 0 Å². The van der Waals surface area contributed by atoms with E-state index in [1.165, 1.54) is 0 Å². The summed E-state index contributed by atoms with van der Waals surface area (Å²) in [6.45, 7) is 6.45. The summed E-state index contributed by atoms with van der Waals surface area (Å²) in [7, 11) is 0. The SMILES string of the molecule is CCNC(=NCCc1nc2ccccc2[nH]1)NCCc1csc(C)n1.I. The van der Waals surface area contributed by atoms with Crippen molar-refractivity contribution in [2.75, 3.05) is 19.6 Å². The molecule has 2 aromatic heterocycles. The second-order valence-electron chi connectivity index (χ2n) is 5.75. The van der Waals surface area contributed by atoms with Gasteiger partial charge in [-0.25, -0.2) is 9.97 Å². The summed E-state index contributed by atoms with van der Waals surface area (Å²) in [6, 6.07) is 8.08. The first kappa shape index (κ1) is 20.6. The molecule has 0 aliphatic heterocycles. The van der Waals surface area contributed by atoms with Gasteiger partial charge in [0.25, 0.3) is 0 Å². The van der Waals surface area contributed by atoms with Crippen molar-refractivity contribution >= 4 is 52.3 Å². The first-order valence-electron chi connectivity index (χ1n) is 8.61. The summed E-state index contributed by atoms with van der Waals surface area (Å²) in [4.78, 5) is 17.0. The van der Waals surface area contributed by atoms with Crippen LogP contribution in [-0.4, -0.2) is 40.5 Å². The van der Waals surface area contributed by atoms with Crippen molar-refractivity contribution in [3.05, 3.63) is 46.2 Å². The number of aryl methyl sites for hydroxylation is 1. The van der Waals surface area contributed by atoms with Crippen LogP contribution in [0.15, 0.2) is 34.6 Å². The number of benzene rings is 1. The largest absolute Gasteiger partial charge is 0.357 e. The van der Waals surface area contributed by atoms with E-state index in [2.05, 4.69) is 42.9 Å². The van der Waals surface area contributed by atoms with Crippen LogP contribution in [0.5, 0.6) is 0 Å². The van der Waals surface area contributed by atoms with E-state index < -0.39 is 0 Å². The van der Waals surface area contributed by atoms with Gasteiger partial charge >= 0.3 is 0 Å². The fourth-order valence-electron chi connectivity index (χ4n) is 2.57. The summed E-state index contributed by atoms with van der Waals surface area (Å²) in [5, 5.41) is 9.87. The molecule has 0 aliphatic carbocycles. The van der Waals surface area contributed by atoms with Gasteiger partial charge in [-0.15, -0.1) is 35.3 Å². The normalized spacial score (nSPS) is 11.4. The summed E-state index contributed by atoms with van der Waals surface area (Å²) in [5.74, 6) is 1.81. The first-order chi connectivity index (χ1) is 12.2. The number of aliphatic imine (C=N–C) groups is 1. The van der Waals surface area contributed by atoms with Crippen LogP contribution in [-0.2, 0) is 12.8 Å². The molecule has 0 spiro atoms. The first-order valence-corrected chi connectivity index (χ1v) is 9.49. The van der Waals surface area contributed by atoms with Crippen LogP contribution in [0.4, 0.5) is 0 Å². The minimum absolute atomic E-state index is 0. The molecule has 0 unspecified atom stereocenters. The topological polar surface area (TPSA) is 78.0 Å². The Labute approximate surface area is 175 Å². The van der Waals surface area contributed by atoms with E-state index in [-0.39, 0.29) is 24.0 Å². The number of para-hydroxylation sites is 2.